The number of carboxylic acid groups (broad SMARTS) is 1. The number of aliphatic hydroxyl groups excluding tert-OH is 1. The number of nitro benzene ring substituents is 1. The summed E-state index contributed by atoms with van der Waals surface area (Å²) in [4.78, 5) is 19.6. The molecule has 1 amide bonds. The van der Waals surface area contributed by atoms with Crippen LogP contribution in [0.1, 0.15) is 0 Å². The first-order valence-corrected chi connectivity index (χ1v) is 7.10. The zero-order chi connectivity index (χ0) is 16.0. The largest absolute Gasteiger partial charge is 0.465 e. The second-order valence-electron chi connectivity index (χ2n) is 3.92. The van der Waals surface area contributed by atoms with Gasteiger partial charge in [0.2, 0.25) is 10.0 Å². The number of hydrogen-bond acceptors (Lipinski definition) is 6. The van der Waals surface area contributed by atoms with Gasteiger partial charge < -0.3 is 15.5 Å². The molecule has 1 unspecified atom stereocenters. The summed E-state index contributed by atoms with van der Waals surface area (Å²) in [6.07, 6.45) is -2.67. The molecule has 0 spiro atoms. The summed E-state index contributed by atoms with van der Waals surface area (Å²) in [6, 6.07) is 4.74. The molecule has 0 aromatic heterocycles. The predicted molar refractivity (Wildman–Crippen MR) is 70.3 cm³/mol. The molecule has 0 aliphatic heterocycles. The molecule has 116 valence electrons. The van der Waals surface area contributed by atoms with Crippen LogP contribution in [0.4, 0.5) is 10.5 Å². The molecule has 21 heavy (non-hydrogen) atoms. The number of hydrogen-bond donors (Lipinski definition) is 4. The Kier molecular flexibility index (Phi) is 5.58. The Balaban J connectivity index is 2.79. The number of sulfonamides is 1. The molecule has 0 fully saturated rings. The van der Waals surface area contributed by atoms with E-state index in [1.807, 2.05) is 10.0 Å². The third-order valence-electron chi connectivity index (χ3n) is 2.35. The molecule has 4 N–H and O–H groups in total. The fraction of sp³-hybridized carbons (Fsp3) is 0.300. The number of carbonyl (C=O) groups is 1. The molecule has 0 bridgehead atoms. The van der Waals surface area contributed by atoms with Crippen molar-refractivity contribution in [3.8, 4) is 0 Å². The zero-order valence-corrected chi connectivity index (χ0v) is 11.4. The third kappa shape index (κ3) is 4.98. The van der Waals surface area contributed by atoms with Crippen molar-refractivity contribution in [2.45, 2.75) is 11.0 Å². The standard InChI is InChI=1S/C10H13N3O7S/c14-7(5-11-10(15)16)6-12-21(19,20)9-4-2-1-3-8(9)13(17)18/h1-4,7,11-12,14H,5-6H2,(H,15,16). The van der Waals surface area contributed by atoms with Crippen LogP contribution in [0.2, 0.25) is 0 Å². The van der Waals surface area contributed by atoms with Gasteiger partial charge in [0.15, 0.2) is 4.90 Å². The van der Waals surface area contributed by atoms with Crippen LogP contribution in [0.3, 0.4) is 0 Å². The molecule has 0 saturated heterocycles. The van der Waals surface area contributed by atoms with Crippen LogP contribution >= 0.6 is 0 Å². The summed E-state index contributed by atoms with van der Waals surface area (Å²) >= 11 is 0. The molecule has 11 heteroatoms. The van der Waals surface area contributed by atoms with Gasteiger partial charge in [-0.3, -0.25) is 10.1 Å². The highest BCUT2D eigenvalue weighted by Gasteiger charge is 2.25. The number of aliphatic hydroxyl groups is 1. The number of nitrogens with one attached hydrogen (secondary N) is 2. The quantitative estimate of drug-likeness (QED) is 0.389. The summed E-state index contributed by atoms with van der Waals surface area (Å²) in [5.41, 5.74) is -0.594. The lowest BCUT2D eigenvalue weighted by Crippen LogP contribution is -2.39. The minimum Gasteiger partial charge on any atom is -0.465 e. The van der Waals surface area contributed by atoms with Gasteiger partial charge in [0.25, 0.3) is 5.69 Å². The smallest absolute Gasteiger partial charge is 0.404 e. The Hall–Kier alpha value is -2.24. The molecule has 1 atom stereocenters. The van der Waals surface area contributed by atoms with E-state index in [2.05, 4.69) is 0 Å². The first-order valence-electron chi connectivity index (χ1n) is 5.62. The Morgan fingerprint density at radius 1 is 1.33 bits per heavy atom. The van der Waals surface area contributed by atoms with Crippen molar-refractivity contribution in [2.75, 3.05) is 13.1 Å². The molecule has 1 aromatic carbocycles. The van der Waals surface area contributed by atoms with E-state index in [0.717, 1.165) is 12.1 Å². The lowest BCUT2D eigenvalue weighted by molar-refractivity contribution is -0.387. The van der Waals surface area contributed by atoms with E-state index in [-0.39, 0.29) is 6.54 Å². The summed E-state index contributed by atoms with van der Waals surface area (Å²) < 4.78 is 25.9. The fourth-order valence-electron chi connectivity index (χ4n) is 1.40. The van der Waals surface area contributed by atoms with Crippen LogP contribution in [0.25, 0.3) is 0 Å². The average Bonchev–Trinajstić information content (AvgIpc) is 2.43. The SMILES string of the molecule is O=C(O)NCC(O)CNS(=O)(=O)c1ccccc1[N+](=O)[O-]. The number of amides is 1. The van der Waals surface area contributed by atoms with Crippen molar-refractivity contribution in [3.05, 3.63) is 34.4 Å². The monoisotopic (exact) mass is 319 g/mol. The molecule has 1 rings (SSSR count). The van der Waals surface area contributed by atoms with E-state index < -0.39 is 44.3 Å². The number of benzene rings is 1. The summed E-state index contributed by atoms with van der Waals surface area (Å²) in [7, 11) is -4.20. The number of para-hydroxylation sites is 1. The van der Waals surface area contributed by atoms with Crippen LogP contribution < -0.4 is 10.0 Å². The first-order chi connectivity index (χ1) is 9.74. The average molecular weight is 319 g/mol. The van der Waals surface area contributed by atoms with Crippen LogP contribution in [0.5, 0.6) is 0 Å². The van der Waals surface area contributed by atoms with Crippen molar-refractivity contribution < 1.29 is 28.3 Å². The van der Waals surface area contributed by atoms with Crippen LogP contribution in [0, 0.1) is 10.1 Å². The highest BCUT2D eigenvalue weighted by atomic mass is 32.2. The Morgan fingerprint density at radius 3 is 2.52 bits per heavy atom. The first kappa shape index (κ1) is 16.8. The normalized spacial score (nSPS) is 12.6. The number of nitrogens with zero attached hydrogens (tertiary/aromatic N) is 1. The molecule has 0 aliphatic carbocycles. The Morgan fingerprint density at radius 2 is 1.95 bits per heavy atom. The van der Waals surface area contributed by atoms with Gasteiger partial charge in [-0.15, -0.1) is 0 Å². The lowest BCUT2D eigenvalue weighted by atomic mass is 10.3. The van der Waals surface area contributed by atoms with Gasteiger partial charge >= 0.3 is 6.09 Å². The summed E-state index contributed by atoms with van der Waals surface area (Å²) in [6.45, 7) is -0.872. The van der Waals surface area contributed by atoms with Crippen LogP contribution in [-0.2, 0) is 10.0 Å². The maximum Gasteiger partial charge on any atom is 0.404 e. The Labute approximate surface area is 119 Å². The van der Waals surface area contributed by atoms with Crippen molar-refractivity contribution in [1.29, 1.82) is 0 Å². The molecular weight excluding hydrogens is 306 g/mol. The minimum absolute atomic E-state index is 0.380. The molecule has 0 aliphatic rings. The van der Waals surface area contributed by atoms with Gasteiger partial charge in [0, 0.05) is 19.2 Å². The van der Waals surface area contributed by atoms with E-state index in [9.17, 15) is 28.4 Å². The van der Waals surface area contributed by atoms with Gasteiger partial charge in [0.05, 0.1) is 11.0 Å². The maximum atomic E-state index is 11.9. The second-order valence-corrected chi connectivity index (χ2v) is 5.65. The molecular formula is C10H13N3O7S. The van der Waals surface area contributed by atoms with E-state index in [4.69, 9.17) is 5.11 Å². The van der Waals surface area contributed by atoms with Crippen molar-refractivity contribution in [2.24, 2.45) is 0 Å². The van der Waals surface area contributed by atoms with E-state index in [1.165, 1.54) is 12.1 Å². The fourth-order valence-corrected chi connectivity index (χ4v) is 2.64. The molecule has 0 heterocycles. The van der Waals surface area contributed by atoms with E-state index in [0.29, 0.717) is 0 Å². The van der Waals surface area contributed by atoms with Crippen molar-refractivity contribution >= 4 is 21.8 Å². The second kappa shape index (κ2) is 6.97. The minimum atomic E-state index is -4.20. The van der Waals surface area contributed by atoms with E-state index >= 15 is 0 Å². The summed E-state index contributed by atoms with van der Waals surface area (Å²) in [5, 5.41) is 30.4. The van der Waals surface area contributed by atoms with Crippen LogP contribution in [0.15, 0.2) is 29.2 Å². The number of nitro groups is 1. The molecule has 0 saturated carbocycles. The van der Waals surface area contributed by atoms with Gasteiger partial charge in [-0.25, -0.2) is 17.9 Å². The van der Waals surface area contributed by atoms with Gasteiger partial charge in [0.1, 0.15) is 0 Å². The Bertz CT molecular complexity index is 631. The zero-order valence-electron chi connectivity index (χ0n) is 10.6. The van der Waals surface area contributed by atoms with Gasteiger partial charge in [-0.2, -0.15) is 0 Å². The summed E-state index contributed by atoms with van der Waals surface area (Å²) in [5.74, 6) is 0. The third-order valence-corrected chi connectivity index (χ3v) is 3.82. The molecule has 0 radical (unpaired) electrons. The topological polar surface area (TPSA) is 159 Å². The predicted octanol–water partition coefficient (Wildman–Crippen LogP) is -0.498. The lowest BCUT2D eigenvalue weighted by Gasteiger charge is -2.12. The highest BCUT2D eigenvalue weighted by Crippen LogP contribution is 2.22. The molecule has 1 aromatic rings. The maximum absolute atomic E-state index is 11.9. The number of rotatable bonds is 7. The van der Waals surface area contributed by atoms with Gasteiger partial charge in [-0.05, 0) is 6.07 Å². The van der Waals surface area contributed by atoms with E-state index in [1.54, 1.807) is 0 Å². The molecule has 10 nitrogen and oxygen atoms in total. The van der Waals surface area contributed by atoms with Crippen molar-refractivity contribution in [1.82, 2.24) is 10.0 Å². The highest BCUT2D eigenvalue weighted by molar-refractivity contribution is 7.89. The van der Waals surface area contributed by atoms with Crippen molar-refractivity contribution in [3.63, 3.8) is 0 Å². The van der Waals surface area contributed by atoms with Gasteiger partial charge in [-0.1, -0.05) is 12.1 Å². The van der Waals surface area contributed by atoms with Crippen LogP contribution in [-0.4, -0.2) is 48.8 Å².